The van der Waals surface area contributed by atoms with E-state index in [9.17, 15) is 4.79 Å². The molecule has 4 heteroatoms. The summed E-state index contributed by atoms with van der Waals surface area (Å²) >= 11 is 7.32. The minimum Gasteiger partial charge on any atom is -0.462 e. The molecule has 2 rings (SSSR count). The third kappa shape index (κ3) is 2.68. The summed E-state index contributed by atoms with van der Waals surface area (Å²) in [6.07, 6.45) is 0. The van der Waals surface area contributed by atoms with Crippen LogP contribution >= 0.6 is 22.9 Å². The molecule has 17 heavy (non-hydrogen) atoms. The van der Waals surface area contributed by atoms with E-state index in [2.05, 4.69) is 0 Å². The van der Waals surface area contributed by atoms with Crippen molar-refractivity contribution in [2.75, 3.05) is 6.61 Å². The molecule has 0 fully saturated rings. The number of hydrogen-bond acceptors (Lipinski definition) is 3. The zero-order valence-electron chi connectivity index (χ0n) is 9.27. The van der Waals surface area contributed by atoms with Crippen LogP contribution in [0.15, 0.2) is 35.0 Å². The molecular formula is C13H11ClO2S. The van der Waals surface area contributed by atoms with Crippen molar-refractivity contribution in [2.24, 2.45) is 0 Å². The second-order valence-electron chi connectivity index (χ2n) is 3.43. The van der Waals surface area contributed by atoms with E-state index in [-0.39, 0.29) is 5.97 Å². The third-order valence-corrected chi connectivity index (χ3v) is 3.31. The number of hydrogen-bond donors (Lipinski definition) is 0. The highest BCUT2D eigenvalue weighted by molar-refractivity contribution is 7.08. The Labute approximate surface area is 109 Å². The lowest BCUT2D eigenvalue weighted by Crippen LogP contribution is -2.04. The van der Waals surface area contributed by atoms with Crippen LogP contribution in [0.25, 0.3) is 11.1 Å². The second kappa shape index (κ2) is 5.34. The fourth-order valence-electron chi connectivity index (χ4n) is 1.52. The predicted octanol–water partition coefficient (Wildman–Crippen LogP) is 4.25. The highest BCUT2D eigenvalue weighted by atomic mass is 35.5. The Bertz CT molecular complexity index is 516. The highest BCUT2D eigenvalue weighted by Crippen LogP contribution is 2.28. The van der Waals surface area contributed by atoms with E-state index in [1.54, 1.807) is 6.92 Å². The van der Waals surface area contributed by atoms with Crippen molar-refractivity contribution in [1.82, 2.24) is 0 Å². The lowest BCUT2D eigenvalue weighted by molar-refractivity contribution is 0.0528. The summed E-state index contributed by atoms with van der Waals surface area (Å²) in [5, 5.41) is 4.43. The minimum atomic E-state index is -0.279. The number of carbonyl (C=O) groups is 1. The quantitative estimate of drug-likeness (QED) is 0.777. The van der Waals surface area contributed by atoms with Gasteiger partial charge in [-0.2, -0.15) is 11.3 Å². The van der Waals surface area contributed by atoms with Crippen molar-refractivity contribution < 1.29 is 9.53 Å². The molecular weight excluding hydrogens is 256 g/mol. The lowest BCUT2D eigenvalue weighted by Gasteiger charge is -2.04. The maximum atomic E-state index is 11.7. The monoisotopic (exact) mass is 266 g/mol. The number of ether oxygens (including phenoxy) is 1. The Hall–Kier alpha value is -1.32. The molecule has 0 spiro atoms. The van der Waals surface area contributed by atoms with Crippen molar-refractivity contribution in [3.05, 3.63) is 45.6 Å². The summed E-state index contributed by atoms with van der Waals surface area (Å²) in [7, 11) is 0. The number of thiophene rings is 1. The first kappa shape index (κ1) is 12.1. The SMILES string of the molecule is CCOC(=O)c1cscc1-c1ccc(Cl)cc1. The Kier molecular flexibility index (Phi) is 3.82. The number of halogens is 1. The normalized spacial score (nSPS) is 10.2. The van der Waals surface area contributed by atoms with Crippen LogP contribution in [0.4, 0.5) is 0 Å². The molecule has 88 valence electrons. The third-order valence-electron chi connectivity index (χ3n) is 2.31. The maximum absolute atomic E-state index is 11.7. The minimum absolute atomic E-state index is 0.279. The summed E-state index contributed by atoms with van der Waals surface area (Å²) in [4.78, 5) is 11.7. The Balaban J connectivity index is 2.36. The van der Waals surface area contributed by atoms with Crippen molar-refractivity contribution in [1.29, 1.82) is 0 Å². The van der Waals surface area contributed by atoms with Gasteiger partial charge in [0.2, 0.25) is 0 Å². The van der Waals surface area contributed by atoms with E-state index in [1.807, 2.05) is 35.0 Å². The van der Waals surface area contributed by atoms with Gasteiger partial charge in [-0.15, -0.1) is 0 Å². The Morgan fingerprint density at radius 3 is 2.65 bits per heavy atom. The average molecular weight is 267 g/mol. The molecule has 0 saturated heterocycles. The maximum Gasteiger partial charge on any atom is 0.339 e. The molecule has 0 bridgehead atoms. The van der Waals surface area contributed by atoms with Gasteiger partial charge in [0.15, 0.2) is 0 Å². The first-order chi connectivity index (χ1) is 8.22. The topological polar surface area (TPSA) is 26.3 Å². The lowest BCUT2D eigenvalue weighted by atomic mass is 10.1. The van der Waals surface area contributed by atoms with Gasteiger partial charge in [-0.1, -0.05) is 23.7 Å². The molecule has 0 aliphatic rings. The number of rotatable bonds is 3. The van der Waals surface area contributed by atoms with E-state index in [0.29, 0.717) is 17.2 Å². The van der Waals surface area contributed by atoms with Gasteiger partial charge < -0.3 is 4.74 Å². The van der Waals surface area contributed by atoms with Crippen LogP contribution < -0.4 is 0 Å². The fourth-order valence-corrected chi connectivity index (χ4v) is 2.47. The zero-order valence-corrected chi connectivity index (χ0v) is 10.8. The summed E-state index contributed by atoms with van der Waals surface area (Å²) in [6, 6.07) is 7.41. The first-order valence-corrected chi connectivity index (χ1v) is 6.53. The second-order valence-corrected chi connectivity index (χ2v) is 4.61. The molecule has 0 amide bonds. The summed E-state index contributed by atoms with van der Waals surface area (Å²) in [5.74, 6) is -0.279. The van der Waals surface area contributed by atoms with E-state index in [1.165, 1.54) is 11.3 Å². The Morgan fingerprint density at radius 1 is 1.29 bits per heavy atom. The molecule has 0 unspecified atom stereocenters. The van der Waals surface area contributed by atoms with Gasteiger partial charge in [-0.25, -0.2) is 4.79 Å². The molecule has 0 aliphatic carbocycles. The van der Waals surface area contributed by atoms with Crippen LogP contribution in [0.1, 0.15) is 17.3 Å². The Morgan fingerprint density at radius 2 is 2.00 bits per heavy atom. The van der Waals surface area contributed by atoms with Crippen molar-refractivity contribution in [2.45, 2.75) is 6.92 Å². The zero-order chi connectivity index (χ0) is 12.3. The van der Waals surface area contributed by atoms with Crippen molar-refractivity contribution >= 4 is 28.9 Å². The van der Waals surface area contributed by atoms with Gasteiger partial charge in [0.1, 0.15) is 0 Å². The van der Waals surface area contributed by atoms with E-state index in [4.69, 9.17) is 16.3 Å². The summed E-state index contributed by atoms with van der Waals surface area (Å²) in [6.45, 7) is 2.18. The standard InChI is InChI=1S/C13H11ClO2S/c1-2-16-13(15)12-8-17-7-11(12)9-3-5-10(14)6-4-9/h3-8H,2H2,1H3. The van der Waals surface area contributed by atoms with Crippen LogP contribution in [-0.4, -0.2) is 12.6 Å². The van der Waals surface area contributed by atoms with Gasteiger partial charge in [-0.05, 0) is 30.0 Å². The smallest absolute Gasteiger partial charge is 0.339 e. The number of benzene rings is 1. The first-order valence-electron chi connectivity index (χ1n) is 5.21. The van der Waals surface area contributed by atoms with E-state index in [0.717, 1.165) is 11.1 Å². The van der Waals surface area contributed by atoms with Crippen molar-refractivity contribution in [3.8, 4) is 11.1 Å². The molecule has 0 N–H and O–H groups in total. The van der Waals surface area contributed by atoms with Crippen LogP contribution in [0, 0.1) is 0 Å². The van der Waals surface area contributed by atoms with Crippen LogP contribution in [0.3, 0.4) is 0 Å². The van der Waals surface area contributed by atoms with Gasteiger partial charge in [0.05, 0.1) is 12.2 Å². The van der Waals surface area contributed by atoms with E-state index >= 15 is 0 Å². The molecule has 0 radical (unpaired) electrons. The molecule has 1 aromatic heterocycles. The molecule has 2 aromatic rings. The van der Waals surface area contributed by atoms with Gasteiger partial charge in [-0.3, -0.25) is 0 Å². The van der Waals surface area contributed by atoms with Gasteiger partial charge >= 0.3 is 5.97 Å². The van der Waals surface area contributed by atoms with Gasteiger partial charge in [0, 0.05) is 16.0 Å². The largest absolute Gasteiger partial charge is 0.462 e. The van der Waals surface area contributed by atoms with Crippen LogP contribution in [0.5, 0.6) is 0 Å². The van der Waals surface area contributed by atoms with Crippen LogP contribution in [0.2, 0.25) is 5.02 Å². The van der Waals surface area contributed by atoms with Crippen LogP contribution in [-0.2, 0) is 4.74 Å². The summed E-state index contributed by atoms with van der Waals surface area (Å²) in [5.41, 5.74) is 2.47. The molecule has 0 atom stereocenters. The number of carbonyl (C=O) groups excluding carboxylic acids is 1. The van der Waals surface area contributed by atoms with E-state index < -0.39 is 0 Å². The highest BCUT2D eigenvalue weighted by Gasteiger charge is 2.14. The molecule has 0 aliphatic heterocycles. The molecule has 0 saturated carbocycles. The molecule has 1 heterocycles. The van der Waals surface area contributed by atoms with Gasteiger partial charge in [0.25, 0.3) is 0 Å². The average Bonchev–Trinajstić information content (AvgIpc) is 2.79. The predicted molar refractivity (Wildman–Crippen MR) is 70.7 cm³/mol. The molecule has 1 aromatic carbocycles. The number of esters is 1. The fraction of sp³-hybridized carbons (Fsp3) is 0.154. The van der Waals surface area contributed by atoms with Crippen molar-refractivity contribution in [3.63, 3.8) is 0 Å². The summed E-state index contributed by atoms with van der Waals surface area (Å²) < 4.78 is 5.01. The molecule has 2 nitrogen and oxygen atoms in total.